The van der Waals surface area contributed by atoms with E-state index < -0.39 is 0 Å². The molecule has 156 valence electrons. The van der Waals surface area contributed by atoms with Crippen LogP contribution in [0.4, 0.5) is 4.39 Å². The van der Waals surface area contributed by atoms with Crippen molar-refractivity contribution in [3.63, 3.8) is 0 Å². The Kier molecular flexibility index (Phi) is 5.32. The number of carbonyl (C=O) groups excluding carboxylic acids is 3. The number of nitrogens with one attached hydrogen (secondary N) is 1. The molecule has 6 nitrogen and oxygen atoms in total. The van der Waals surface area contributed by atoms with E-state index in [9.17, 15) is 18.8 Å². The maximum atomic E-state index is 13.5. The second-order valence-corrected chi connectivity index (χ2v) is 8.69. The molecule has 0 spiro atoms. The number of aryl methyl sites for hydroxylation is 1. The number of hydrogen-bond donors (Lipinski definition) is 1. The average molecular weight is 401 g/mol. The number of fused-ring (bicyclic) bond motifs is 4. The van der Waals surface area contributed by atoms with Gasteiger partial charge in [-0.3, -0.25) is 14.4 Å². The van der Waals surface area contributed by atoms with Crippen LogP contribution in [0, 0.1) is 24.6 Å². The van der Waals surface area contributed by atoms with Crippen LogP contribution in [0.3, 0.4) is 0 Å². The van der Waals surface area contributed by atoms with Crippen molar-refractivity contribution >= 4 is 17.7 Å². The first-order valence-corrected chi connectivity index (χ1v) is 10.5. The Morgan fingerprint density at radius 3 is 2.72 bits per heavy atom. The number of amides is 3. The largest absolute Gasteiger partial charge is 0.354 e. The van der Waals surface area contributed by atoms with Gasteiger partial charge in [-0.1, -0.05) is 0 Å². The predicted molar refractivity (Wildman–Crippen MR) is 106 cm³/mol. The minimum Gasteiger partial charge on any atom is -0.354 e. The zero-order chi connectivity index (χ0) is 20.7. The van der Waals surface area contributed by atoms with Crippen molar-refractivity contribution in [3.05, 3.63) is 35.1 Å². The van der Waals surface area contributed by atoms with Crippen molar-refractivity contribution in [1.29, 1.82) is 0 Å². The fourth-order valence-electron chi connectivity index (χ4n) is 5.49. The molecule has 4 rings (SSSR count). The number of halogens is 1. The first kappa shape index (κ1) is 19.9. The Labute approximate surface area is 170 Å². The number of benzene rings is 1. The van der Waals surface area contributed by atoms with Crippen LogP contribution in [0.5, 0.6) is 0 Å². The van der Waals surface area contributed by atoms with Gasteiger partial charge < -0.3 is 15.1 Å². The molecule has 3 aliphatic rings. The summed E-state index contributed by atoms with van der Waals surface area (Å²) in [5, 5.41) is 2.89. The second kappa shape index (κ2) is 7.76. The molecule has 1 N–H and O–H groups in total. The maximum absolute atomic E-state index is 13.5. The number of rotatable bonds is 3. The SMILES string of the molecule is CC(=O)NC[C@H]1[C@H]2C[C@H](CN(C(=O)c3ccc(F)cc3C)C2)[C@@H]2CCCC(=O)N21. The highest BCUT2D eigenvalue weighted by Gasteiger charge is 2.50. The zero-order valence-corrected chi connectivity index (χ0v) is 17.0. The highest BCUT2D eigenvalue weighted by Crippen LogP contribution is 2.41. The molecule has 3 aliphatic heterocycles. The molecule has 0 saturated carbocycles. The van der Waals surface area contributed by atoms with E-state index in [0.717, 1.165) is 19.3 Å². The Balaban J connectivity index is 1.60. The lowest BCUT2D eigenvalue weighted by Crippen LogP contribution is -2.67. The van der Waals surface area contributed by atoms with E-state index in [0.29, 0.717) is 37.2 Å². The molecule has 3 fully saturated rings. The van der Waals surface area contributed by atoms with Gasteiger partial charge in [-0.25, -0.2) is 4.39 Å². The van der Waals surface area contributed by atoms with Gasteiger partial charge in [0.05, 0.1) is 6.04 Å². The number of likely N-dealkylation sites (tertiary alicyclic amines) is 1. The van der Waals surface area contributed by atoms with Crippen LogP contribution in [-0.2, 0) is 9.59 Å². The summed E-state index contributed by atoms with van der Waals surface area (Å²) in [7, 11) is 0. The summed E-state index contributed by atoms with van der Waals surface area (Å²) < 4.78 is 13.5. The molecule has 0 radical (unpaired) electrons. The van der Waals surface area contributed by atoms with E-state index in [-0.39, 0.29) is 47.5 Å². The van der Waals surface area contributed by atoms with E-state index in [1.807, 2.05) is 9.80 Å². The van der Waals surface area contributed by atoms with Gasteiger partial charge in [0, 0.05) is 44.6 Å². The van der Waals surface area contributed by atoms with Crippen LogP contribution in [0.25, 0.3) is 0 Å². The monoisotopic (exact) mass is 401 g/mol. The van der Waals surface area contributed by atoms with Gasteiger partial charge in [-0.05, 0) is 61.8 Å². The molecule has 0 aliphatic carbocycles. The van der Waals surface area contributed by atoms with Crippen molar-refractivity contribution in [1.82, 2.24) is 15.1 Å². The Bertz CT molecular complexity index is 843. The highest BCUT2D eigenvalue weighted by atomic mass is 19.1. The molecule has 1 aromatic rings. The third kappa shape index (κ3) is 3.74. The van der Waals surface area contributed by atoms with Crippen molar-refractivity contribution in [2.45, 2.75) is 51.6 Å². The minimum absolute atomic E-state index is 0.0777. The zero-order valence-electron chi connectivity index (χ0n) is 17.0. The van der Waals surface area contributed by atoms with Crippen molar-refractivity contribution in [2.75, 3.05) is 19.6 Å². The Morgan fingerprint density at radius 2 is 2.00 bits per heavy atom. The lowest BCUT2D eigenvalue weighted by atomic mass is 9.72. The van der Waals surface area contributed by atoms with Gasteiger partial charge >= 0.3 is 0 Å². The smallest absolute Gasteiger partial charge is 0.254 e. The molecule has 3 saturated heterocycles. The first-order chi connectivity index (χ1) is 13.8. The Morgan fingerprint density at radius 1 is 1.24 bits per heavy atom. The fraction of sp³-hybridized carbons (Fsp3) is 0.591. The van der Waals surface area contributed by atoms with Gasteiger partial charge in [0.2, 0.25) is 11.8 Å². The summed E-state index contributed by atoms with van der Waals surface area (Å²) in [5.74, 6) is 0.00603. The van der Waals surface area contributed by atoms with E-state index in [1.165, 1.54) is 19.1 Å². The van der Waals surface area contributed by atoms with Crippen LogP contribution < -0.4 is 5.32 Å². The molecule has 29 heavy (non-hydrogen) atoms. The lowest BCUT2D eigenvalue weighted by Gasteiger charge is -2.56. The molecule has 7 heteroatoms. The van der Waals surface area contributed by atoms with E-state index in [1.54, 1.807) is 13.0 Å². The van der Waals surface area contributed by atoms with Crippen LogP contribution in [0.1, 0.15) is 48.5 Å². The number of hydrogen-bond acceptors (Lipinski definition) is 3. The maximum Gasteiger partial charge on any atom is 0.254 e. The molecule has 1 aromatic carbocycles. The Hall–Kier alpha value is -2.44. The van der Waals surface area contributed by atoms with Crippen LogP contribution in [-0.4, -0.2) is 59.2 Å². The summed E-state index contributed by atoms with van der Waals surface area (Å²) in [4.78, 5) is 41.3. The van der Waals surface area contributed by atoms with E-state index in [2.05, 4.69) is 5.32 Å². The van der Waals surface area contributed by atoms with Gasteiger partial charge in [-0.15, -0.1) is 0 Å². The number of nitrogens with zero attached hydrogens (tertiary/aromatic N) is 2. The molecule has 0 aromatic heterocycles. The summed E-state index contributed by atoms with van der Waals surface area (Å²) in [6, 6.07) is 4.31. The summed E-state index contributed by atoms with van der Waals surface area (Å²) in [5.41, 5.74) is 1.16. The van der Waals surface area contributed by atoms with Gasteiger partial charge in [0.25, 0.3) is 5.91 Å². The molecular weight excluding hydrogens is 373 g/mol. The normalized spacial score (nSPS) is 28.7. The topological polar surface area (TPSA) is 69.7 Å². The van der Waals surface area contributed by atoms with Crippen LogP contribution >= 0.6 is 0 Å². The van der Waals surface area contributed by atoms with Crippen molar-refractivity contribution < 1.29 is 18.8 Å². The first-order valence-electron chi connectivity index (χ1n) is 10.5. The standard InChI is InChI=1S/C22H28FN3O3/c1-13-8-17(23)6-7-18(13)22(29)25-11-15-9-16(12-25)20(10-24-14(2)27)26-19(15)4-3-5-21(26)28/h6-8,15-16,19-20H,3-5,9-12H2,1-2H3,(H,24,27)/t15-,16+,19+,20+/m1/s1. The third-order valence-corrected chi connectivity index (χ3v) is 6.76. The third-order valence-electron chi connectivity index (χ3n) is 6.76. The predicted octanol–water partition coefficient (Wildman–Crippen LogP) is 2.11. The molecular formula is C22H28FN3O3. The molecule has 4 atom stereocenters. The fourth-order valence-corrected chi connectivity index (χ4v) is 5.49. The highest BCUT2D eigenvalue weighted by molar-refractivity contribution is 5.95. The molecule has 3 heterocycles. The van der Waals surface area contributed by atoms with E-state index >= 15 is 0 Å². The minimum atomic E-state index is -0.346. The molecule has 3 amide bonds. The van der Waals surface area contributed by atoms with Crippen molar-refractivity contribution in [3.8, 4) is 0 Å². The van der Waals surface area contributed by atoms with Gasteiger partial charge in [0.1, 0.15) is 5.82 Å². The summed E-state index contributed by atoms with van der Waals surface area (Å²) in [6.45, 7) is 4.82. The summed E-state index contributed by atoms with van der Waals surface area (Å²) >= 11 is 0. The van der Waals surface area contributed by atoms with E-state index in [4.69, 9.17) is 0 Å². The number of carbonyl (C=O) groups is 3. The lowest BCUT2D eigenvalue weighted by molar-refractivity contribution is -0.151. The molecule has 0 unspecified atom stereocenters. The second-order valence-electron chi connectivity index (χ2n) is 8.69. The van der Waals surface area contributed by atoms with Crippen LogP contribution in [0.2, 0.25) is 0 Å². The quantitative estimate of drug-likeness (QED) is 0.844. The van der Waals surface area contributed by atoms with Crippen molar-refractivity contribution in [2.24, 2.45) is 11.8 Å². The molecule has 2 bridgehead atoms. The van der Waals surface area contributed by atoms with Gasteiger partial charge in [0.15, 0.2) is 0 Å². The average Bonchev–Trinajstić information content (AvgIpc) is 2.67. The summed E-state index contributed by atoms with van der Waals surface area (Å²) in [6.07, 6.45) is 3.34. The number of piperidine rings is 3. The van der Waals surface area contributed by atoms with Crippen LogP contribution in [0.15, 0.2) is 18.2 Å². The van der Waals surface area contributed by atoms with Gasteiger partial charge in [-0.2, -0.15) is 0 Å².